The first-order valence-corrected chi connectivity index (χ1v) is 9.25. The van der Waals surface area contributed by atoms with Gasteiger partial charge in [0.05, 0.1) is 12.6 Å². The van der Waals surface area contributed by atoms with Gasteiger partial charge in [-0.1, -0.05) is 0 Å². The number of likely N-dealkylation sites (tertiary alicyclic amines) is 1. The lowest BCUT2D eigenvalue weighted by Crippen LogP contribution is -2.44. The van der Waals surface area contributed by atoms with E-state index in [1.54, 1.807) is 11.0 Å². The summed E-state index contributed by atoms with van der Waals surface area (Å²) in [6, 6.07) is 7.10. The first-order valence-electron chi connectivity index (χ1n) is 9.25. The third-order valence-corrected chi connectivity index (χ3v) is 4.49. The SMILES string of the molecule is CC(=O)NCC(=O)N1CCCC[C@@H]1c1nc(C)cc(Oc2ccc(F)cc2)n1. The Bertz CT molecular complexity index is 857. The van der Waals surface area contributed by atoms with Crippen LogP contribution in [0, 0.1) is 12.7 Å². The number of amides is 2. The molecule has 3 rings (SSSR count). The Hall–Kier alpha value is -3.03. The fraction of sp³-hybridized carbons (Fsp3) is 0.400. The number of piperidine rings is 1. The molecule has 2 amide bonds. The average molecular weight is 386 g/mol. The minimum absolute atomic E-state index is 0.0451. The third-order valence-electron chi connectivity index (χ3n) is 4.49. The van der Waals surface area contributed by atoms with E-state index in [1.807, 2.05) is 6.92 Å². The molecule has 1 aliphatic heterocycles. The van der Waals surface area contributed by atoms with Crippen molar-refractivity contribution in [2.45, 2.75) is 39.2 Å². The van der Waals surface area contributed by atoms with Crippen LogP contribution < -0.4 is 10.1 Å². The standard InChI is InChI=1S/C20H23FN4O3/c1-13-11-18(28-16-8-6-15(21)7-9-16)24-20(23-13)17-5-3-4-10-25(17)19(27)12-22-14(2)26/h6-9,11,17H,3-5,10,12H2,1-2H3,(H,22,26)/t17-/m1/s1. The van der Waals surface area contributed by atoms with E-state index in [9.17, 15) is 14.0 Å². The first-order chi connectivity index (χ1) is 13.4. The van der Waals surface area contributed by atoms with Crippen LogP contribution in [0.4, 0.5) is 4.39 Å². The molecule has 1 N–H and O–H groups in total. The van der Waals surface area contributed by atoms with Gasteiger partial charge in [-0.2, -0.15) is 4.98 Å². The van der Waals surface area contributed by atoms with Crippen molar-refractivity contribution in [1.29, 1.82) is 0 Å². The van der Waals surface area contributed by atoms with Gasteiger partial charge < -0.3 is 15.0 Å². The number of nitrogens with zero attached hydrogens (tertiary/aromatic N) is 3. The molecule has 0 aliphatic carbocycles. The van der Waals surface area contributed by atoms with Crippen LogP contribution in [0.1, 0.15) is 43.7 Å². The minimum Gasteiger partial charge on any atom is -0.439 e. The highest BCUT2D eigenvalue weighted by atomic mass is 19.1. The molecule has 1 aliphatic rings. The lowest BCUT2D eigenvalue weighted by Gasteiger charge is -2.35. The molecule has 0 bridgehead atoms. The van der Waals surface area contributed by atoms with Gasteiger partial charge in [-0.15, -0.1) is 0 Å². The second kappa shape index (κ2) is 8.77. The Morgan fingerprint density at radius 3 is 2.71 bits per heavy atom. The van der Waals surface area contributed by atoms with Crippen LogP contribution in [0.5, 0.6) is 11.6 Å². The van der Waals surface area contributed by atoms with Crippen LogP contribution in [-0.2, 0) is 9.59 Å². The Balaban J connectivity index is 1.81. The van der Waals surface area contributed by atoms with Crippen molar-refractivity contribution in [1.82, 2.24) is 20.2 Å². The van der Waals surface area contributed by atoms with Crippen LogP contribution in [0.2, 0.25) is 0 Å². The lowest BCUT2D eigenvalue weighted by atomic mass is 10.0. The summed E-state index contributed by atoms with van der Waals surface area (Å²) in [6.45, 7) is 3.75. The van der Waals surface area contributed by atoms with E-state index in [1.165, 1.54) is 31.2 Å². The molecule has 1 saturated heterocycles. The molecule has 2 aromatic rings. The Morgan fingerprint density at radius 1 is 1.25 bits per heavy atom. The van der Waals surface area contributed by atoms with Crippen molar-refractivity contribution in [3.63, 3.8) is 0 Å². The number of carbonyl (C=O) groups is 2. The molecule has 148 valence electrons. The number of ether oxygens (including phenoxy) is 1. The molecule has 0 unspecified atom stereocenters. The van der Waals surface area contributed by atoms with Crippen molar-refractivity contribution in [2.75, 3.05) is 13.1 Å². The fourth-order valence-corrected chi connectivity index (χ4v) is 3.19. The summed E-state index contributed by atoms with van der Waals surface area (Å²) in [5.41, 5.74) is 0.710. The van der Waals surface area contributed by atoms with Gasteiger partial charge in [0.1, 0.15) is 11.6 Å². The summed E-state index contributed by atoms with van der Waals surface area (Å²) in [7, 11) is 0. The lowest BCUT2D eigenvalue weighted by molar-refractivity contribution is -0.136. The Kier molecular flexibility index (Phi) is 6.18. The summed E-state index contributed by atoms with van der Waals surface area (Å²) in [5.74, 6) is 0.562. The topological polar surface area (TPSA) is 84.4 Å². The smallest absolute Gasteiger partial charge is 0.242 e. The van der Waals surface area contributed by atoms with E-state index in [4.69, 9.17) is 4.74 Å². The van der Waals surface area contributed by atoms with Crippen molar-refractivity contribution < 1.29 is 18.7 Å². The number of rotatable bonds is 5. The van der Waals surface area contributed by atoms with E-state index >= 15 is 0 Å². The predicted octanol–water partition coefficient (Wildman–Crippen LogP) is 2.91. The second-order valence-corrected chi connectivity index (χ2v) is 6.77. The van der Waals surface area contributed by atoms with Gasteiger partial charge >= 0.3 is 0 Å². The molecule has 2 heterocycles. The highest BCUT2D eigenvalue weighted by Gasteiger charge is 2.30. The van der Waals surface area contributed by atoms with Gasteiger partial charge in [0.15, 0.2) is 5.82 Å². The summed E-state index contributed by atoms with van der Waals surface area (Å²) in [5, 5.41) is 2.55. The number of hydrogen-bond acceptors (Lipinski definition) is 5. The minimum atomic E-state index is -0.345. The van der Waals surface area contributed by atoms with E-state index in [0.29, 0.717) is 29.7 Å². The van der Waals surface area contributed by atoms with Gasteiger partial charge in [0, 0.05) is 25.2 Å². The quantitative estimate of drug-likeness (QED) is 0.854. The molecule has 0 spiro atoms. The van der Waals surface area contributed by atoms with Gasteiger partial charge in [-0.05, 0) is 50.5 Å². The number of hydrogen-bond donors (Lipinski definition) is 1. The fourth-order valence-electron chi connectivity index (χ4n) is 3.19. The van der Waals surface area contributed by atoms with Crippen LogP contribution in [0.3, 0.4) is 0 Å². The number of aromatic nitrogens is 2. The molecule has 7 nitrogen and oxygen atoms in total. The highest BCUT2D eigenvalue weighted by molar-refractivity contribution is 5.84. The van der Waals surface area contributed by atoms with E-state index < -0.39 is 0 Å². The molecule has 1 fully saturated rings. The molecule has 0 saturated carbocycles. The zero-order valence-corrected chi connectivity index (χ0v) is 15.9. The van der Waals surface area contributed by atoms with Crippen LogP contribution >= 0.6 is 0 Å². The normalized spacial score (nSPS) is 16.5. The van der Waals surface area contributed by atoms with Crippen LogP contribution in [0.15, 0.2) is 30.3 Å². The average Bonchev–Trinajstić information content (AvgIpc) is 2.67. The largest absolute Gasteiger partial charge is 0.439 e. The monoisotopic (exact) mass is 386 g/mol. The molecule has 1 aromatic carbocycles. The van der Waals surface area contributed by atoms with E-state index in [-0.39, 0.29) is 30.2 Å². The number of halogens is 1. The van der Waals surface area contributed by atoms with Crippen molar-refractivity contribution in [3.8, 4) is 11.6 Å². The molecule has 0 radical (unpaired) electrons. The van der Waals surface area contributed by atoms with Crippen LogP contribution in [0.25, 0.3) is 0 Å². The summed E-state index contributed by atoms with van der Waals surface area (Å²) >= 11 is 0. The van der Waals surface area contributed by atoms with Crippen LogP contribution in [-0.4, -0.2) is 39.8 Å². The summed E-state index contributed by atoms with van der Waals surface area (Å²) in [6.07, 6.45) is 2.60. The summed E-state index contributed by atoms with van der Waals surface area (Å²) in [4.78, 5) is 34.4. The predicted molar refractivity (Wildman–Crippen MR) is 100 cm³/mol. The molecule has 1 atom stereocenters. The first kappa shape index (κ1) is 19.7. The maximum Gasteiger partial charge on any atom is 0.242 e. The molecular formula is C20H23FN4O3. The maximum atomic E-state index is 13.1. The second-order valence-electron chi connectivity index (χ2n) is 6.77. The number of benzene rings is 1. The van der Waals surface area contributed by atoms with Crippen molar-refractivity contribution in [3.05, 3.63) is 47.7 Å². The molecule has 28 heavy (non-hydrogen) atoms. The molecular weight excluding hydrogens is 363 g/mol. The maximum absolute atomic E-state index is 13.1. The van der Waals surface area contributed by atoms with Crippen molar-refractivity contribution in [2.24, 2.45) is 0 Å². The van der Waals surface area contributed by atoms with Gasteiger partial charge in [-0.3, -0.25) is 9.59 Å². The van der Waals surface area contributed by atoms with Gasteiger partial charge in [-0.25, -0.2) is 9.37 Å². The highest BCUT2D eigenvalue weighted by Crippen LogP contribution is 2.31. The Morgan fingerprint density at radius 2 is 2.00 bits per heavy atom. The number of carbonyl (C=O) groups excluding carboxylic acids is 2. The van der Waals surface area contributed by atoms with Crippen molar-refractivity contribution >= 4 is 11.8 Å². The van der Waals surface area contributed by atoms with E-state index in [0.717, 1.165) is 19.3 Å². The number of aryl methyl sites for hydroxylation is 1. The van der Waals surface area contributed by atoms with Gasteiger partial charge in [0.25, 0.3) is 0 Å². The third kappa shape index (κ3) is 5.03. The molecule has 1 aromatic heterocycles. The van der Waals surface area contributed by atoms with Gasteiger partial charge in [0.2, 0.25) is 17.7 Å². The molecule has 8 heteroatoms. The zero-order valence-electron chi connectivity index (χ0n) is 15.9. The van der Waals surface area contributed by atoms with E-state index in [2.05, 4.69) is 15.3 Å². The summed E-state index contributed by atoms with van der Waals surface area (Å²) < 4.78 is 18.8. The zero-order chi connectivity index (χ0) is 20.1. The number of nitrogens with one attached hydrogen (secondary N) is 1. The Labute approximate surface area is 162 Å².